The molecule has 1 aromatic heterocycles. The summed E-state index contributed by atoms with van der Waals surface area (Å²) in [6, 6.07) is 7.75. The molecule has 1 N–H and O–H groups in total. The van der Waals surface area contributed by atoms with Gasteiger partial charge < -0.3 is 14.8 Å². The Hall–Kier alpha value is -2.41. The molecular weight excluding hydrogens is 376 g/mol. The van der Waals surface area contributed by atoms with Gasteiger partial charge in [0.25, 0.3) is 0 Å². The summed E-state index contributed by atoms with van der Waals surface area (Å²) >= 11 is 1.50. The number of carbonyl (C=O) groups is 2. The number of thiazole rings is 1. The first-order chi connectivity index (χ1) is 13.6. The highest BCUT2D eigenvalue weighted by molar-refractivity contribution is 7.13. The highest BCUT2D eigenvalue weighted by Crippen LogP contribution is 2.30. The maximum Gasteiger partial charge on any atom is 0.331 e. The van der Waals surface area contributed by atoms with Gasteiger partial charge >= 0.3 is 5.97 Å². The van der Waals surface area contributed by atoms with Crippen molar-refractivity contribution in [2.45, 2.75) is 51.0 Å². The molecule has 1 amide bonds. The Balaban J connectivity index is 1.65. The fourth-order valence-electron chi connectivity index (χ4n) is 3.59. The second kappa shape index (κ2) is 9.19. The fraction of sp³-hybridized carbons (Fsp3) is 0.476. The first-order valence-corrected chi connectivity index (χ1v) is 10.5. The van der Waals surface area contributed by atoms with Gasteiger partial charge in [0.1, 0.15) is 16.3 Å². The Morgan fingerprint density at radius 2 is 1.89 bits per heavy atom. The lowest BCUT2D eigenvalue weighted by atomic mass is 9.81. The van der Waals surface area contributed by atoms with Crippen LogP contribution in [0, 0.1) is 0 Å². The van der Waals surface area contributed by atoms with E-state index >= 15 is 0 Å². The number of amides is 1. The van der Waals surface area contributed by atoms with Crippen LogP contribution in [0.4, 0.5) is 0 Å². The van der Waals surface area contributed by atoms with Gasteiger partial charge in [0, 0.05) is 10.9 Å². The Morgan fingerprint density at radius 3 is 2.54 bits per heavy atom. The summed E-state index contributed by atoms with van der Waals surface area (Å²) in [6.45, 7) is 2.58. The predicted molar refractivity (Wildman–Crippen MR) is 108 cm³/mol. The summed E-state index contributed by atoms with van der Waals surface area (Å²) in [5.74, 6) is 0.271. The summed E-state index contributed by atoms with van der Waals surface area (Å²) in [7, 11) is 1.37. The predicted octanol–water partition coefficient (Wildman–Crippen LogP) is 3.74. The molecule has 0 bridgehead atoms. The number of nitrogens with one attached hydrogen (secondary N) is 1. The number of aromatic nitrogens is 1. The number of hydrogen-bond acceptors (Lipinski definition) is 6. The fourth-order valence-corrected chi connectivity index (χ4v) is 4.41. The van der Waals surface area contributed by atoms with Crippen molar-refractivity contribution in [2.24, 2.45) is 0 Å². The van der Waals surface area contributed by atoms with Crippen molar-refractivity contribution in [3.05, 3.63) is 35.3 Å². The number of methoxy groups -OCH3 is 1. The van der Waals surface area contributed by atoms with E-state index in [1.807, 2.05) is 36.6 Å². The van der Waals surface area contributed by atoms with E-state index in [2.05, 4.69) is 10.3 Å². The first-order valence-electron chi connectivity index (χ1n) is 9.63. The summed E-state index contributed by atoms with van der Waals surface area (Å²) in [5.41, 5.74) is 0.790. The van der Waals surface area contributed by atoms with Gasteiger partial charge in [0.2, 0.25) is 5.91 Å². The highest BCUT2D eigenvalue weighted by atomic mass is 32.1. The SMILES string of the molecule is CCOc1ccc(-c2nc(CC(=O)NC3(C(=O)OC)CCCCC3)cs2)cc1. The van der Waals surface area contributed by atoms with Crippen molar-refractivity contribution in [1.82, 2.24) is 10.3 Å². The van der Waals surface area contributed by atoms with Crippen LogP contribution in [0.5, 0.6) is 5.75 Å². The third-order valence-electron chi connectivity index (χ3n) is 4.97. The molecule has 0 radical (unpaired) electrons. The minimum absolute atomic E-state index is 0.145. The molecule has 7 heteroatoms. The molecule has 3 rings (SSSR count). The maximum atomic E-state index is 12.6. The molecule has 1 aromatic carbocycles. The van der Waals surface area contributed by atoms with E-state index in [0.29, 0.717) is 25.1 Å². The molecule has 28 heavy (non-hydrogen) atoms. The molecule has 1 aliphatic carbocycles. The van der Waals surface area contributed by atoms with Crippen LogP contribution in [0.15, 0.2) is 29.6 Å². The van der Waals surface area contributed by atoms with Crippen molar-refractivity contribution in [2.75, 3.05) is 13.7 Å². The Morgan fingerprint density at radius 1 is 1.18 bits per heavy atom. The van der Waals surface area contributed by atoms with Crippen molar-refractivity contribution >= 4 is 23.2 Å². The van der Waals surface area contributed by atoms with Crippen LogP contribution in [0.1, 0.15) is 44.7 Å². The molecule has 0 spiro atoms. The van der Waals surface area contributed by atoms with E-state index in [9.17, 15) is 9.59 Å². The molecular formula is C21H26N2O4S. The number of carbonyl (C=O) groups excluding carboxylic acids is 2. The zero-order valence-electron chi connectivity index (χ0n) is 16.3. The van der Waals surface area contributed by atoms with Crippen molar-refractivity contribution in [3.8, 4) is 16.3 Å². The quantitative estimate of drug-likeness (QED) is 0.714. The molecule has 0 aliphatic heterocycles. The van der Waals surface area contributed by atoms with Gasteiger partial charge in [-0.3, -0.25) is 4.79 Å². The zero-order valence-corrected chi connectivity index (χ0v) is 17.1. The number of benzene rings is 1. The number of nitrogens with zero attached hydrogens (tertiary/aromatic N) is 1. The lowest BCUT2D eigenvalue weighted by Gasteiger charge is -2.35. The second-order valence-electron chi connectivity index (χ2n) is 6.96. The molecule has 2 aromatic rings. The molecule has 1 saturated carbocycles. The Labute approximate surface area is 169 Å². The van der Waals surface area contributed by atoms with E-state index in [0.717, 1.165) is 35.6 Å². The van der Waals surface area contributed by atoms with Crippen molar-refractivity contribution < 1.29 is 19.1 Å². The standard InChI is InChI=1S/C21H26N2O4S/c1-3-27-17-9-7-15(8-10-17)19-22-16(14-28-19)13-18(24)23-21(20(25)26-2)11-5-4-6-12-21/h7-10,14H,3-6,11-13H2,1-2H3,(H,23,24). The molecule has 150 valence electrons. The zero-order chi connectivity index (χ0) is 20.0. The third-order valence-corrected chi connectivity index (χ3v) is 5.91. The lowest BCUT2D eigenvalue weighted by Crippen LogP contribution is -2.56. The Bertz CT molecular complexity index is 810. The van der Waals surface area contributed by atoms with Gasteiger partial charge in [-0.2, -0.15) is 0 Å². The van der Waals surface area contributed by atoms with Gasteiger partial charge in [-0.05, 0) is 44.0 Å². The number of hydrogen-bond donors (Lipinski definition) is 1. The molecule has 1 fully saturated rings. The molecule has 0 saturated heterocycles. The minimum Gasteiger partial charge on any atom is -0.494 e. The van der Waals surface area contributed by atoms with Gasteiger partial charge in [-0.15, -0.1) is 11.3 Å². The summed E-state index contributed by atoms with van der Waals surface area (Å²) < 4.78 is 10.4. The second-order valence-corrected chi connectivity index (χ2v) is 7.82. The smallest absolute Gasteiger partial charge is 0.331 e. The normalized spacial score (nSPS) is 15.6. The van der Waals surface area contributed by atoms with Crippen LogP contribution < -0.4 is 10.1 Å². The number of rotatable bonds is 7. The van der Waals surface area contributed by atoms with Crippen molar-refractivity contribution in [3.63, 3.8) is 0 Å². The topological polar surface area (TPSA) is 77.5 Å². The van der Waals surface area contributed by atoms with Crippen LogP contribution in [-0.2, 0) is 20.7 Å². The lowest BCUT2D eigenvalue weighted by molar-refractivity contribution is -0.152. The average Bonchev–Trinajstić information content (AvgIpc) is 3.17. The van der Waals surface area contributed by atoms with Crippen LogP contribution in [0.3, 0.4) is 0 Å². The molecule has 1 heterocycles. The summed E-state index contributed by atoms with van der Waals surface area (Å²) in [4.78, 5) is 29.5. The summed E-state index contributed by atoms with van der Waals surface area (Å²) in [6.07, 6.45) is 4.29. The van der Waals surface area contributed by atoms with E-state index < -0.39 is 5.54 Å². The van der Waals surface area contributed by atoms with Gasteiger partial charge in [-0.1, -0.05) is 19.3 Å². The van der Waals surface area contributed by atoms with Crippen LogP contribution >= 0.6 is 11.3 Å². The van der Waals surface area contributed by atoms with Gasteiger partial charge in [-0.25, -0.2) is 9.78 Å². The van der Waals surface area contributed by atoms with Crippen molar-refractivity contribution in [1.29, 1.82) is 0 Å². The molecule has 1 aliphatic rings. The maximum absolute atomic E-state index is 12.6. The van der Waals surface area contributed by atoms with E-state index in [4.69, 9.17) is 9.47 Å². The molecule has 0 atom stereocenters. The summed E-state index contributed by atoms with van der Waals surface area (Å²) in [5, 5.41) is 5.68. The monoisotopic (exact) mass is 402 g/mol. The number of esters is 1. The van der Waals surface area contributed by atoms with Crippen LogP contribution in [0.25, 0.3) is 10.6 Å². The van der Waals surface area contributed by atoms with Crippen LogP contribution in [0.2, 0.25) is 0 Å². The molecule has 0 unspecified atom stereocenters. The van der Waals surface area contributed by atoms with E-state index in [-0.39, 0.29) is 18.3 Å². The van der Waals surface area contributed by atoms with Gasteiger partial charge in [0.15, 0.2) is 0 Å². The third kappa shape index (κ3) is 4.70. The van der Waals surface area contributed by atoms with E-state index in [1.165, 1.54) is 18.4 Å². The minimum atomic E-state index is -0.891. The first kappa shape index (κ1) is 20.3. The molecule has 6 nitrogen and oxygen atoms in total. The number of ether oxygens (including phenoxy) is 2. The van der Waals surface area contributed by atoms with Gasteiger partial charge in [0.05, 0.1) is 25.8 Å². The van der Waals surface area contributed by atoms with E-state index in [1.54, 1.807) is 0 Å². The Kier molecular flexibility index (Phi) is 6.67. The average molecular weight is 403 g/mol. The van der Waals surface area contributed by atoms with Crippen LogP contribution in [-0.4, -0.2) is 36.1 Å². The largest absolute Gasteiger partial charge is 0.494 e. The highest BCUT2D eigenvalue weighted by Gasteiger charge is 2.41.